The van der Waals surface area contributed by atoms with E-state index in [1.54, 1.807) is 0 Å². The maximum Gasteiger partial charge on any atom is 0.136 e. The van der Waals surface area contributed by atoms with Gasteiger partial charge in [-0.1, -0.05) is 6.92 Å². The van der Waals surface area contributed by atoms with Crippen molar-refractivity contribution in [1.82, 2.24) is 9.97 Å². The fourth-order valence-electron chi connectivity index (χ4n) is 2.19. The minimum absolute atomic E-state index is 0.283. The number of nitrogens with zero attached hydrogens (tertiary/aromatic N) is 3. The van der Waals surface area contributed by atoms with Crippen LogP contribution in [0.15, 0.2) is 6.20 Å². The van der Waals surface area contributed by atoms with Crippen molar-refractivity contribution in [2.75, 3.05) is 24.6 Å². The van der Waals surface area contributed by atoms with Gasteiger partial charge in [0, 0.05) is 31.5 Å². The summed E-state index contributed by atoms with van der Waals surface area (Å²) in [5, 5.41) is 0. The first kappa shape index (κ1) is 13.6. The molecule has 1 aromatic rings. The molecular weight excluding hydrogens is 250 g/mol. The lowest BCUT2D eigenvalue weighted by atomic mass is 10.2. The van der Waals surface area contributed by atoms with Gasteiger partial charge in [-0.15, -0.1) is 11.6 Å². The summed E-state index contributed by atoms with van der Waals surface area (Å²) in [6, 6.07) is 0. The maximum absolute atomic E-state index is 5.98. The third-order valence-corrected chi connectivity index (χ3v) is 3.50. The molecule has 0 radical (unpaired) electrons. The molecule has 0 N–H and O–H groups in total. The predicted octanol–water partition coefficient (Wildman–Crippen LogP) is 2.53. The molecule has 1 atom stereocenters. The van der Waals surface area contributed by atoms with Gasteiger partial charge in [0.15, 0.2) is 0 Å². The van der Waals surface area contributed by atoms with E-state index in [-0.39, 0.29) is 6.10 Å². The molecule has 2 rings (SSSR count). The van der Waals surface area contributed by atoms with Gasteiger partial charge in [0.25, 0.3) is 0 Å². The van der Waals surface area contributed by atoms with E-state index in [0.29, 0.717) is 5.88 Å². The van der Waals surface area contributed by atoms with Crippen LogP contribution in [0.1, 0.15) is 31.2 Å². The van der Waals surface area contributed by atoms with Gasteiger partial charge >= 0.3 is 0 Å². The lowest BCUT2D eigenvalue weighted by molar-refractivity contribution is 0.0664. The predicted molar refractivity (Wildman–Crippen MR) is 73.2 cm³/mol. The third kappa shape index (κ3) is 3.12. The highest BCUT2D eigenvalue weighted by Crippen LogP contribution is 2.22. The van der Waals surface area contributed by atoms with Crippen molar-refractivity contribution in [1.29, 1.82) is 0 Å². The Morgan fingerprint density at radius 1 is 1.56 bits per heavy atom. The average molecular weight is 270 g/mol. The second kappa shape index (κ2) is 6.34. The lowest BCUT2D eigenvalue weighted by Crippen LogP contribution is -2.33. The molecule has 0 aliphatic carbocycles. The number of aromatic nitrogens is 2. The Hall–Kier alpha value is -0.870. The molecule has 1 unspecified atom stereocenters. The molecule has 1 saturated heterocycles. The SMILES string of the molecule is CCC1CN(c2nc(C)ncc2CCl)CCCO1. The highest BCUT2D eigenvalue weighted by atomic mass is 35.5. The van der Waals surface area contributed by atoms with E-state index in [9.17, 15) is 0 Å². The number of rotatable bonds is 3. The first-order valence-electron chi connectivity index (χ1n) is 6.49. The molecule has 18 heavy (non-hydrogen) atoms. The van der Waals surface area contributed by atoms with Crippen LogP contribution >= 0.6 is 11.6 Å². The Kier molecular flexibility index (Phi) is 4.78. The van der Waals surface area contributed by atoms with Crippen LogP contribution in [-0.2, 0) is 10.6 Å². The standard InChI is InChI=1S/C13H20ClN3O/c1-3-12-9-17(5-4-6-18-12)13-11(7-14)8-15-10(2)16-13/h8,12H,3-7,9H2,1-2H3. The largest absolute Gasteiger partial charge is 0.376 e. The molecular formula is C13H20ClN3O. The summed E-state index contributed by atoms with van der Waals surface area (Å²) in [5.41, 5.74) is 0.999. The molecule has 1 aliphatic heterocycles. The van der Waals surface area contributed by atoms with Crippen LogP contribution in [-0.4, -0.2) is 35.8 Å². The van der Waals surface area contributed by atoms with E-state index in [1.165, 1.54) is 0 Å². The zero-order chi connectivity index (χ0) is 13.0. The number of hydrogen-bond donors (Lipinski definition) is 0. The summed E-state index contributed by atoms with van der Waals surface area (Å²) in [5.74, 6) is 2.21. The van der Waals surface area contributed by atoms with Gasteiger partial charge in [0.1, 0.15) is 11.6 Å². The number of ether oxygens (including phenoxy) is 1. The summed E-state index contributed by atoms with van der Waals surface area (Å²) < 4.78 is 5.79. The summed E-state index contributed by atoms with van der Waals surface area (Å²) in [4.78, 5) is 11.1. The van der Waals surface area contributed by atoms with Crippen LogP contribution in [0.25, 0.3) is 0 Å². The normalized spacial score (nSPS) is 20.8. The van der Waals surface area contributed by atoms with E-state index in [0.717, 1.165) is 49.7 Å². The van der Waals surface area contributed by atoms with Crippen LogP contribution in [0.2, 0.25) is 0 Å². The van der Waals surface area contributed by atoms with E-state index >= 15 is 0 Å². The van der Waals surface area contributed by atoms with Crippen molar-refractivity contribution in [2.24, 2.45) is 0 Å². The highest BCUT2D eigenvalue weighted by molar-refractivity contribution is 6.17. The third-order valence-electron chi connectivity index (χ3n) is 3.21. The van der Waals surface area contributed by atoms with Gasteiger partial charge in [-0.3, -0.25) is 0 Å². The van der Waals surface area contributed by atoms with Crippen molar-refractivity contribution in [3.8, 4) is 0 Å². The summed E-state index contributed by atoms with van der Waals surface area (Å²) >= 11 is 5.98. The molecule has 0 spiro atoms. The Labute approximate surface area is 113 Å². The van der Waals surface area contributed by atoms with Crippen LogP contribution < -0.4 is 4.90 Å². The van der Waals surface area contributed by atoms with Crippen molar-refractivity contribution < 1.29 is 4.74 Å². The summed E-state index contributed by atoms with van der Waals surface area (Å²) in [7, 11) is 0. The summed E-state index contributed by atoms with van der Waals surface area (Å²) in [6.45, 7) is 6.75. The van der Waals surface area contributed by atoms with Crippen LogP contribution in [0.4, 0.5) is 5.82 Å². The Morgan fingerprint density at radius 3 is 3.11 bits per heavy atom. The monoisotopic (exact) mass is 269 g/mol. The smallest absolute Gasteiger partial charge is 0.136 e. The Bertz CT molecular complexity index is 400. The summed E-state index contributed by atoms with van der Waals surface area (Å²) in [6.07, 6.45) is 4.17. The quantitative estimate of drug-likeness (QED) is 0.791. The molecule has 4 nitrogen and oxygen atoms in total. The van der Waals surface area contributed by atoms with Gasteiger partial charge in [-0.25, -0.2) is 9.97 Å². The Balaban J connectivity index is 2.25. The molecule has 0 bridgehead atoms. The van der Waals surface area contributed by atoms with Gasteiger partial charge in [0.05, 0.1) is 12.0 Å². The number of aryl methyl sites for hydroxylation is 1. The van der Waals surface area contributed by atoms with Gasteiger partial charge in [-0.2, -0.15) is 0 Å². The molecule has 5 heteroatoms. The van der Waals surface area contributed by atoms with Crippen molar-refractivity contribution >= 4 is 17.4 Å². The highest BCUT2D eigenvalue weighted by Gasteiger charge is 2.20. The molecule has 1 aromatic heterocycles. The fraction of sp³-hybridized carbons (Fsp3) is 0.692. The molecule has 1 aliphatic rings. The number of anilines is 1. The van der Waals surface area contributed by atoms with Crippen LogP contribution in [0, 0.1) is 6.92 Å². The second-order valence-corrected chi connectivity index (χ2v) is 4.87. The fourth-order valence-corrected chi connectivity index (χ4v) is 2.37. The molecule has 0 aromatic carbocycles. The van der Waals surface area contributed by atoms with Crippen LogP contribution in [0.5, 0.6) is 0 Å². The van der Waals surface area contributed by atoms with Crippen molar-refractivity contribution in [3.05, 3.63) is 17.6 Å². The minimum atomic E-state index is 0.283. The average Bonchev–Trinajstić information content (AvgIpc) is 2.64. The van der Waals surface area contributed by atoms with E-state index < -0.39 is 0 Å². The molecule has 0 saturated carbocycles. The van der Waals surface area contributed by atoms with Gasteiger partial charge in [0.2, 0.25) is 0 Å². The van der Waals surface area contributed by atoms with Crippen molar-refractivity contribution in [2.45, 2.75) is 38.7 Å². The first-order chi connectivity index (χ1) is 8.74. The molecule has 0 amide bonds. The molecule has 2 heterocycles. The minimum Gasteiger partial charge on any atom is -0.376 e. The van der Waals surface area contributed by atoms with Gasteiger partial charge < -0.3 is 9.64 Å². The Morgan fingerprint density at radius 2 is 2.39 bits per heavy atom. The maximum atomic E-state index is 5.98. The topological polar surface area (TPSA) is 38.2 Å². The van der Waals surface area contributed by atoms with E-state index in [4.69, 9.17) is 16.3 Å². The number of alkyl halides is 1. The number of hydrogen-bond acceptors (Lipinski definition) is 4. The first-order valence-corrected chi connectivity index (χ1v) is 7.03. The number of halogens is 1. The zero-order valence-corrected chi connectivity index (χ0v) is 11.8. The lowest BCUT2D eigenvalue weighted by Gasteiger charge is -2.26. The molecule has 100 valence electrons. The van der Waals surface area contributed by atoms with Gasteiger partial charge in [-0.05, 0) is 19.8 Å². The molecule has 1 fully saturated rings. The second-order valence-electron chi connectivity index (χ2n) is 4.60. The van der Waals surface area contributed by atoms with Crippen molar-refractivity contribution in [3.63, 3.8) is 0 Å². The zero-order valence-electron chi connectivity index (χ0n) is 11.0. The van der Waals surface area contributed by atoms with E-state index in [1.807, 2.05) is 13.1 Å². The van der Waals surface area contributed by atoms with Crippen LogP contribution in [0.3, 0.4) is 0 Å². The van der Waals surface area contributed by atoms with E-state index in [2.05, 4.69) is 21.8 Å².